The smallest absolute Gasteiger partial charge is 0.192 e. The fourth-order valence-electron chi connectivity index (χ4n) is 2.84. The lowest BCUT2D eigenvalue weighted by Gasteiger charge is -2.20. The van der Waals surface area contributed by atoms with Crippen molar-refractivity contribution in [3.8, 4) is 0 Å². The summed E-state index contributed by atoms with van der Waals surface area (Å²) in [6.45, 7) is 1.91. The highest BCUT2D eigenvalue weighted by atomic mass is 16.5. The molecule has 2 heteroatoms. The van der Waals surface area contributed by atoms with Crippen molar-refractivity contribution in [3.63, 3.8) is 0 Å². The fourth-order valence-corrected chi connectivity index (χ4v) is 2.84. The number of carbonyl (C=O) groups is 1. The van der Waals surface area contributed by atoms with Crippen LogP contribution < -0.4 is 0 Å². The van der Waals surface area contributed by atoms with E-state index in [0.717, 1.165) is 29.7 Å². The lowest BCUT2D eigenvalue weighted by molar-refractivity contribution is 0.101. The molecule has 2 atom stereocenters. The Morgan fingerprint density at radius 3 is 2.83 bits per heavy atom. The van der Waals surface area contributed by atoms with Gasteiger partial charge in [0.2, 0.25) is 0 Å². The molecule has 2 unspecified atom stereocenters. The normalized spacial score (nSPS) is 25.8. The van der Waals surface area contributed by atoms with Gasteiger partial charge in [-0.1, -0.05) is 36.4 Å². The number of ketones is 1. The van der Waals surface area contributed by atoms with Crippen LogP contribution in [0, 0.1) is 5.92 Å². The van der Waals surface area contributed by atoms with Crippen LogP contribution in [0.3, 0.4) is 0 Å². The van der Waals surface area contributed by atoms with Crippen molar-refractivity contribution in [2.24, 2.45) is 5.92 Å². The Kier molecular flexibility index (Phi) is 2.78. The minimum absolute atomic E-state index is 0.0708. The summed E-state index contributed by atoms with van der Waals surface area (Å²) in [5, 5.41) is 0. The Labute approximate surface area is 107 Å². The standard InChI is InChI=1S/C16H16O2/c1-11-15(13-9-5-6-10-14(13)18-11)16(17)12-7-3-2-4-8-12/h2-4,6-8,10,13-14H,5,9H2,1H3. The van der Waals surface area contributed by atoms with E-state index in [-0.39, 0.29) is 17.8 Å². The number of benzene rings is 1. The summed E-state index contributed by atoms with van der Waals surface area (Å²) in [6, 6.07) is 9.47. The Balaban J connectivity index is 1.94. The predicted octanol–water partition coefficient (Wildman–Crippen LogP) is 3.51. The molecule has 1 aromatic rings. The zero-order valence-electron chi connectivity index (χ0n) is 10.4. The number of rotatable bonds is 2. The first-order chi connectivity index (χ1) is 8.77. The van der Waals surface area contributed by atoms with Crippen LogP contribution in [0.5, 0.6) is 0 Å². The molecule has 0 bridgehead atoms. The number of hydrogen-bond acceptors (Lipinski definition) is 2. The van der Waals surface area contributed by atoms with Gasteiger partial charge in [-0.05, 0) is 25.8 Å². The van der Waals surface area contributed by atoms with E-state index in [4.69, 9.17) is 4.74 Å². The lowest BCUT2D eigenvalue weighted by Crippen LogP contribution is -2.22. The maximum atomic E-state index is 12.6. The molecule has 0 spiro atoms. The van der Waals surface area contributed by atoms with Gasteiger partial charge in [0.05, 0.1) is 0 Å². The van der Waals surface area contributed by atoms with Gasteiger partial charge in [0.1, 0.15) is 11.9 Å². The molecule has 1 heterocycles. The third kappa shape index (κ3) is 1.78. The average Bonchev–Trinajstić information content (AvgIpc) is 2.75. The Bertz CT molecular complexity index is 525. The summed E-state index contributed by atoms with van der Waals surface area (Å²) in [6.07, 6.45) is 6.34. The molecule has 0 N–H and O–H groups in total. The van der Waals surface area contributed by atoms with E-state index in [2.05, 4.69) is 12.2 Å². The van der Waals surface area contributed by atoms with Crippen LogP contribution in [0.1, 0.15) is 30.1 Å². The van der Waals surface area contributed by atoms with Gasteiger partial charge in [-0.2, -0.15) is 0 Å². The van der Waals surface area contributed by atoms with Crippen molar-refractivity contribution in [1.29, 1.82) is 0 Å². The van der Waals surface area contributed by atoms with Crippen molar-refractivity contribution in [2.75, 3.05) is 0 Å². The van der Waals surface area contributed by atoms with Crippen LogP contribution in [0.2, 0.25) is 0 Å². The minimum Gasteiger partial charge on any atom is -0.490 e. The molecule has 0 fully saturated rings. The zero-order valence-corrected chi connectivity index (χ0v) is 10.4. The summed E-state index contributed by atoms with van der Waals surface area (Å²) in [5.74, 6) is 1.16. The molecule has 2 nitrogen and oxygen atoms in total. The van der Waals surface area contributed by atoms with Crippen molar-refractivity contribution in [3.05, 3.63) is 59.4 Å². The predicted molar refractivity (Wildman–Crippen MR) is 70.2 cm³/mol. The maximum Gasteiger partial charge on any atom is 0.192 e. The second kappa shape index (κ2) is 4.45. The fraction of sp³-hybridized carbons (Fsp3) is 0.312. The Morgan fingerprint density at radius 1 is 1.28 bits per heavy atom. The topological polar surface area (TPSA) is 26.3 Å². The van der Waals surface area contributed by atoms with Crippen molar-refractivity contribution < 1.29 is 9.53 Å². The molecule has 0 aromatic heterocycles. The number of fused-ring (bicyclic) bond motifs is 1. The highest BCUT2D eigenvalue weighted by Gasteiger charge is 2.38. The van der Waals surface area contributed by atoms with Crippen LogP contribution >= 0.6 is 0 Å². The molecule has 1 aromatic carbocycles. The molecule has 3 rings (SSSR count). The van der Waals surface area contributed by atoms with Gasteiger partial charge in [-0.15, -0.1) is 0 Å². The van der Waals surface area contributed by atoms with Gasteiger partial charge in [0, 0.05) is 17.1 Å². The van der Waals surface area contributed by atoms with Gasteiger partial charge < -0.3 is 4.74 Å². The van der Waals surface area contributed by atoms with Crippen LogP contribution in [-0.4, -0.2) is 11.9 Å². The molecule has 92 valence electrons. The highest BCUT2D eigenvalue weighted by Crippen LogP contribution is 2.39. The van der Waals surface area contributed by atoms with Gasteiger partial charge >= 0.3 is 0 Å². The Hall–Kier alpha value is -1.83. The Morgan fingerprint density at radius 2 is 2.06 bits per heavy atom. The number of hydrogen-bond donors (Lipinski definition) is 0. The summed E-state index contributed by atoms with van der Waals surface area (Å²) in [4.78, 5) is 12.6. The van der Waals surface area contributed by atoms with Gasteiger partial charge in [0.15, 0.2) is 5.78 Å². The lowest BCUT2D eigenvalue weighted by atomic mass is 9.83. The maximum absolute atomic E-state index is 12.6. The molecule has 0 radical (unpaired) electrons. The van der Waals surface area contributed by atoms with E-state index in [0.29, 0.717) is 0 Å². The molecule has 1 aliphatic heterocycles. The zero-order chi connectivity index (χ0) is 12.5. The van der Waals surface area contributed by atoms with Crippen LogP contribution in [-0.2, 0) is 4.74 Å². The molecular formula is C16H16O2. The number of carbonyl (C=O) groups excluding carboxylic acids is 1. The first kappa shape index (κ1) is 11.3. The molecular weight excluding hydrogens is 224 g/mol. The summed E-state index contributed by atoms with van der Waals surface area (Å²) >= 11 is 0. The summed E-state index contributed by atoms with van der Waals surface area (Å²) in [7, 11) is 0. The van der Waals surface area contributed by atoms with E-state index in [1.54, 1.807) is 0 Å². The van der Waals surface area contributed by atoms with E-state index in [1.165, 1.54) is 0 Å². The molecule has 0 saturated carbocycles. The quantitative estimate of drug-likeness (QED) is 0.584. The van der Waals surface area contributed by atoms with E-state index in [9.17, 15) is 4.79 Å². The molecule has 0 amide bonds. The van der Waals surface area contributed by atoms with Crippen LogP contribution in [0.4, 0.5) is 0 Å². The highest BCUT2D eigenvalue weighted by molar-refractivity contribution is 6.09. The summed E-state index contributed by atoms with van der Waals surface area (Å²) < 4.78 is 5.79. The van der Waals surface area contributed by atoms with Crippen molar-refractivity contribution >= 4 is 5.78 Å². The van der Waals surface area contributed by atoms with E-state index >= 15 is 0 Å². The first-order valence-electron chi connectivity index (χ1n) is 6.41. The molecule has 1 aliphatic carbocycles. The minimum atomic E-state index is 0.0708. The van der Waals surface area contributed by atoms with Crippen molar-refractivity contribution in [1.82, 2.24) is 0 Å². The number of Topliss-reactive ketones (excluding diaryl/α,β-unsaturated/α-hetero) is 1. The molecule has 2 aliphatic rings. The average molecular weight is 240 g/mol. The van der Waals surface area contributed by atoms with E-state index < -0.39 is 0 Å². The van der Waals surface area contributed by atoms with Gasteiger partial charge in [0.25, 0.3) is 0 Å². The molecule has 18 heavy (non-hydrogen) atoms. The third-order valence-corrected chi connectivity index (χ3v) is 3.71. The number of ether oxygens (including phenoxy) is 1. The second-order valence-corrected chi connectivity index (χ2v) is 4.86. The first-order valence-corrected chi connectivity index (χ1v) is 6.41. The van der Waals surface area contributed by atoms with Crippen molar-refractivity contribution in [2.45, 2.75) is 25.9 Å². The SMILES string of the molecule is CC1=C(C(=O)c2ccccc2)C2CCC=CC2O1. The second-order valence-electron chi connectivity index (χ2n) is 4.86. The number of allylic oxidation sites excluding steroid dienone is 2. The van der Waals surface area contributed by atoms with E-state index in [1.807, 2.05) is 37.3 Å². The molecule has 0 saturated heterocycles. The van der Waals surface area contributed by atoms with Gasteiger partial charge in [-0.3, -0.25) is 4.79 Å². The van der Waals surface area contributed by atoms with Crippen LogP contribution in [0.25, 0.3) is 0 Å². The third-order valence-electron chi connectivity index (χ3n) is 3.71. The largest absolute Gasteiger partial charge is 0.490 e. The van der Waals surface area contributed by atoms with Gasteiger partial charge in [-0.25, -0.2) is 0 Å². The summed E-state index contributed by atoms with van der Waals surface area (Å²) in [5.41, 5.74) is 1.63. The van der Waals surface area contributed by atoms with Crippen LogP contribution in [0.15, 0.2) is 53.8 Å². The monoisotopic (exact) mass is 240 g/mol.